The van der Waals surface area contributed by atoms with Gasteiger partial charge in [-0.05, 0) is 55.2 Å². The van der Waals surface area contributed by atoms with E-state index in [2.05, 4.69) is 11.9 Å². The van der Waals surface area contributed by atoms with Crippen LogP contribution in [0.2, 0.25) is 0 Å². The van der Waals surface area contributed by atoms with Gasteiger partial charge in [-0.15, -0.1) is 0 Å². The highest BCUT2D eigenvalue weighted by molar-refractivity contribution is 5.97. The Morgan fingerprint density at radius 2 is 1.72 bits per heavy atom. The second kappa shape index (κ2) is 7.70. The summed E-state index contributed by atoms with van der Waals surface area (Å²) in [5.74, 6) is 0.723. The van der Waals surface area contributed by atoms with Gasteiger partial charge >= 0.3 is 0 Å². The molecule has 3 aromatic rings. The summed E-state index contributed by atoms with van der Waals surface area (Å²) in [6.45, 7) is 3.87. The SMILES string of the molecule is CC1CCN(C(=O)c2cnc3c(ccn3-c3ccc(C(=O)N(C)C)cc3)c2)CC1. The van der Waals surface area contributed by atoms with E-state index in [-0.39, 0.29) is 11.8 Å². The summed E-state index contributed by atoms with van der Waals surface area (Å²) in [4.78, 5) is 33.0. The molecule has 1 aliphatic rings. The largest absolute Gasteiger partial charge is 0.345 e. The van der Waals surface area contributed by atoms with E-state index in [1.54, 1.807) is 25.2 Å². The van der Waals surface area contributed by atoms with E-state index in [1.807, 2.05) is 52.1 Å². The van der Waals surface area contributed by atoms with Gasteiger partial charge in [-0.1, -0.05) is 6.92 Å². The molecular formula is C23H26N4O2. The van der Waals surface area contributed by atoms with E-state index in [0.717, 1.165) is 42.7 Å². The lowest BCUT2D eigenvalue weighted by Gasteiger charge is -2.30. The minimum absolute atomic E-state index is 0.0256. The van der Waals surface area contributed by atoms with Crippen molar-refractivity contribution in [3.05, 3.63) is 59.9 Å². The number of rotatable bonds is 3. The highest BCUT2D eigenvalue weighted by Crippen LogP contribution is 2.23. The zero-order chi connectivity index (χ0) is 20.5. The number of aromatic nitrogens is 2. The maximum atomic E-state index is 12.8. The fraction of sp³-hybridized carbons (Fsp3) is 0.348. The van der Waals surface area contributed by atoms with E-state index in [0.29, 0.717) is 17.0 Å². The van der Waals surface area contributed by atoms with E-state index in [9.17, 15) is 9.59 Å². The first kappa shape index (κ1) is 19.2. The Morgan fingerprint density at radius 3 is 2.38 bits per heavy atom. The quantitative estimate of drug-likeness (QED) is 0.687. The molecule has 0 radical (unpaired) electrons. The zero-order valence-corrected chi connectivity index (χ0v) is 17.1. The van der Waals surface area contributed by atoms with Crippen molar-refractivity contribution < 1.29 is 9.59 Å². The molecule has 29 heavy (non-hydrogen) atoms. The first-order valence-corrected chi connectivity index (χ1v) is 10.0. The summed E-state index contributed by atoms with van der Waals surface area (Å²) in [5, 5.41) is 0.926. The number of nitrogens with zero attached hydrogens (tertiary/aromatic N) is 4. The van der Waals surface area contributed by atoms with Gasteiger partial charge in [0, 0.05) is 56.2 Å². The molecule has 0 spiro atoms. The fourth-order valence-corrected chi connectivity index (χ4v) is 3.77. The molecule has 2 aromatic heterocycles. The molecule has 0 atom stereocenters. The number of carbonyl (C=O) groups is 2. The first-order valence-electron chi connectivity index (χ1n) is 10.0. The Hall–Kier alpha value is -3.15. The van der Waals surface area contributed by atoms with Gasteiger partial charge in [0.05, 0.1) is 5.56 Å². The van der Waals surface area contributed by atoms with Crippen LogP contribution in [0.3, 0.4) is 0 Å². The number of hydrogen-bond donors (Lipinski definition) is 0. The maximum absolute atomic E-state index is 12.8. The van der Waals surface area contributed by atoms with E-state index in [1.165, 1.54) is 0 Å². The molecule has 0 aliphatic carbocycles. The number of fused-ring (bicyclic) bond motifs is 1. The number of benzene rings is 1. The lowest BCUT2D eigenvalue weighted by atomic mass is 9.99. The standard InChI is InChI=1S/C23H26N4O2/c1-16-8-11-26(12-9-16)23(29)19-14-18-10-13-27(21(18)24-15-19)20-6-4-17(5-7-20)22(28)25(2)3/h4-7,10,13-16H,8-9,11-12H2,1-3H3. The summed E-state index contributed by atoms with van der Waals surface area (Å²) in [7, 11) is 3.48. The Morgan fingerprint density at radius 1 is 1.03 bits per heavy atom. The zero-order valence-electron chi connectivity index (χ0n) is 17.1. The molecule has 0 N–H and O–H groups in total. The van der Waals surface area contributed by atoms with Crippen LogP contribution in [0.4, 0.5) is 0 Å². The highest BCUT2D eigenvalue weighted by Gasteiger charge is 2.22. The Balaban J connectivity index is 1.58. The van der Waals surface area contributed by atoms with Gasteiger partial charge in [-0.3, -0.25) is 9.59 Å². The molecule has 1 saturated heterocycles. The van der Waals surface area contributed by atoms with Gasteiger partial charge in [0.2, 0.25) is 0 Å². The fourth-order valence-electron chi connectivity index (χ4n) is 3.77. The van der Waals surface area contributed by atoms with Crippen LogP contribution in [0.5, 0.6) is 0 Å². The van der Waals surface area contributed by atoms with Crippen molar-refractivity contribution in [2.24, 2.45) is 5.92 Å². The molecule has 3 heterocycles. The van der Waals surface area contributed by atoms with Crippen LogP contribution in [0.25, 0.3) is 16.7 Å². The van der Waals surface area contributed by atoms with Crippen LogP contribution in [0, 0.1) is 5.92 Å². The van der Waals surface area contributed by atoms with Crippen LogP contribution in [-0.2, 0) is 0 Å². The number of carbonyl (C=O) groups excluding carboxylic acids is 2. The minimum Gasteiger partial charge on any atom is -0.345 e. The van der Waals surface area contributed by atoms with Crippen LogP contribution in [0.1, 0.15) is 40.5 Å². The second-order valence-electron chi connectivity index (χ2n) is 8.04. The van der Waals surface area contributed by atoms with Gasteiger partial charge in [-0.2, -0.15) is 0 Å². The molecule has 0 bridgehead atoms. The summed E-state index contributed by atoms with van der Waals surface area (Å²) in [6, 6.07) is 11.3. The molecular weight excluding hydrogens is 364 g/mol. The monoisotopic (exact) mass is 390 g/mol. The lowest BCUT2D eigenvalue weighted by molar-refractivity contribution is 0.0696. The van der Waals surface area contributed by atoms with Crippen molar-refractivity contribution >= 4 is 22.8 Å². The number of pyridine rings is 1. The summed E-state index contributed by atoms with van der Waals surface area (Å²) in [5.41, 5.74) is 3.00. The molecule has 150 valence electrons. The van der Waals surface area contributed by atoms with Gasteiger partial charge in [-0.25, -0.2) is 4.98 Å². The predicted octanol–water partition coefficient (Wildman–Crippen LogP) is 3.60. The van der Waals surface area contributed by atoms with Crippen LogP contribution in [-0.4, -0.2) is 58.4 Å². The normalized spacial score (nSPS) is 14.9. The molecule has 6 nitrogen and oxygen atoms in total. The summed E-state index contributed by atoms with van der Waals surface area (Å²) in [6.07, 6.45) is 5.73. The van der Waals surface area contributed by atoms with Crippen LogP contribution >= 0.6 is 0 Å². The van der Waals surface area contributed by atoms with Gasteiger partial charge in [0.15, 0.2) is 0 Å². The van der Waals surface area contributed by atoms with Gasteiger partial charge < -0.3 is 14.4 Å². The third kappa shape index (κ3) is 3.75. The molecule has 0 saturated carbocycles. The molecule has 0 unspecified atom stereocenters. The Labute approximate surface area is 170 Å². The van der Waals surface area contributed by atoms with E-state index >= 15 is 0 Å². The maximum Gasteiger partial charge on any atom is 0.255 e. The Kier molecular flexibility index (Phi) is 5.09. The van der Waals surface area contributed by atoms with Crippen LogP contribution < -0.4 is 0 Å². The van der Waals surface area contributed by atoms with Crippen molar-refractivity contribution in [2.45, 2.75) is 19.8 Å². The average molecular weight is 390 g/mol. The average Bonchev–Trinajstić information content (AvgIpc) is 3.16. The lowest BCUT2D eigenvalue weighted by Crippen LogP contribution is -2.37. The van der Waals surface area contributed by atoms with E-state index in [4.69, 9.17) is 0 Å². The van der Waals surface area contributed by atoms with E-state index < -0.39 is 0 Å². The third-order valence-electron chi connectivity index (χ3n) is 5.64. The van der Waals surface area contributed by atoms with Crippen molar-refractivity contribution in [3.8, 4) is 5.69 Å². The van der Waals surface area contributed by atoms with Crippen molar-refractivity contribution in [2.75, 3.05) is 27.2 Å². The molecule has 6 heteroatoms. The molecule has 1 aliphatic heterocycles. The topological polar surface area (TPSA) is 58.4 Å². The number of amides is 2. The molecule has 4 rings (SSSR count). The smallest absolute Gasteiger partial charge is 0.255 e. The predicted molar refractivity (Wildman–Crippen MR) is 113 cm³/mol. The summed E-state index contributed by atoms with van der Waals surface area (Å²) < 4.78 is 1.97. The minimum atomic E-state index is -0.0256. The molecule has 1 aromatic carbocycles. The summed E-state index contributed by atoms with van der Waals surface area (Å²) >= 11 is 0. The third-order valence-corrected chi connectivity index (χ3v) is 5.64. The van der Waals surface area contributed by atoms with Crippen molar-refractivity contribution in [3.63, 3.8) is 0 Å². The van der Waals surface area contributed by atoms with Crippen LogP contribution in [0.15, 0.2) is 48.8 Å². The molecule has 2 amide bonds. The highest BCUT2D eigenvalue weighted by atomic mass is 16.2. The van der Waals surface area contributed by atoms with Gasteiger partial charge in [0.1, 0.15) is 5.65 Å². The second-order valence-corrected chi connectivity index (χ2v) is 8.04. The first-order chi connectivity index (χ1) is 13.9. The number of likely N-dealkylation sites (tertiary alicyclic amines) is 1. The van der Waals surface area contributed by atoms with Gasteiger partial charge in [0.25, 0.3) is 11.8 Å². The number of piperidine rings is 1. The number of hydrogen-bond acceptors (Lipinski definition) is 3. The van der Waals surface area contributed by atoms with Crippen molar-refractivity contribution in [1.82, 2.24) is 19.4 Å². The Bertz CT molecular complexity index is 1040. The molecule has 1 fully saturated rings. The van der Waals surface area contributed by atoms with Crippen molar-refractivity contribution in [1.29, 1.82) is 0 Å².